The Labute approximate surface area is 158 Å². The highest BCUT2D eigenvalue weighted by atomic mass is 16.6. The van der Waals surface area contributed by atoms with Crippen LogP contribution in [0, 0.1) is 28.6 Å². The summed E-state index contributed by atoms with van der Waals surface area (Å²) in [4.78, 5) is 24.3. The molecule has 0 aromatic carbocycles. The fourth-order valence-electron chi connectivity index (χ4n) is 7.57. The maximum absolute atomic E-state index is 12.3. The number of hydrogen-bond donors (Lipinski definition) is 3. The predicted octanol–water partition coefficient (Wildman–Crippen LogP) is 0.769. The van der Waals surface area contributed by atoms with Crippen LogP contribution in [0.1, 0.15) is 46.0 Å². The van der Waals surface area contributed by atoms with Crippen molar-refractivity contribution >= 4 is 11.6 Å². The number of ketones is 2. The van der Waals surface area contributed by atoms with E-state index in [2.05, 4.69) is 0 Å². The van der Waals surface area contributed by atoms with Crippen LogP contribution < -0.4 is 0 Å². The van der Waals surface area contributed by atoms with Gasteiger partial charge < -0.3 is 20.1 Å². The van der Waals surface area contributed by atoms with E-state index < -0.39 is 22.5 Å². The van der Waals surface area contributed by atoms with Crippen LogP contribution in [0.2, 0.25) is 0 Å². The van der Waals surface area contributed by atoms with E-state index in [1.807, 2.05) is 6.92 Å². The number of carbonyl (C=O) groups excluding carboxylic acids is 2. The van der Waals surface area contributed by atoms with Gasteiger partial charge in [-0.2, -0.15) is 0 Å². The Morgan fingerprint density at radius 2 is 2.11 bits per heavy atom. The molecule has 0 aromatic rings. The Bertz CT molecular complexity index is 760. The van der Waals surface area contributed by atoms with E-state index in [0.717, 1.165) is 12.0 Å². The van der Waals surface area contributed by atoms with Crippen LogP contribution in [0.3, 0.4) is 0 Å². The van der Waals surface area contributed by atoms with Crippen LogP contribution in [0.25, 0.3) is 0 Å². The van der Waals surface area contributed by atoms with Crippen molar-refractivity contribution in [3.8, 4) is 0 Å². The number of ether oxygens (including phenoxy) is 1. The second kappa shape index (κ2) is 5.29. The lowest BCUT2D eigenvalue weighted by Crippen LogP contribution is -2.72. The van der Waals surface area contributed by atoms with Gasteiger partial charge >= 0.3 is 0 Å². The zero-order valence-corrected chi connectivity index (χ0v) is 15.9. The number of Topliss-reactive ketones (excluding diaryl/α,β-unsaturated/α-hetero) is 1. The molecular formula is C21H28O6. The molecule has 4 aliphatic carbocycles. The average molecular weight is 376 g/mol. The van der Waals surface area contributed by atoms with Crippen LogP contribution in [-0.4, -0.2) is 57.4 Å². The monoisotopic (exact) mass is 376 g/mol. The van der Waals surface area contributed by atoms with Crippen molar-refractivity contribution in [1.82, 2.24) is 0 Å². The average Bonchev–Trinajstić information content (AvgIpc) is 3.31. The molecule has 6 heteroatoms. The molecule has 4 fully saturated rings. The number of hydrogen-bond acceptors (Lipinski definition) is 6. The highest BCUT2D eigenvalue weighted by Crippen LogP contribution is 2.71. The standard InChI is InChI=1S/C21H28O6/c1-10(23)12-3-4-13-16-18-17(27-18)14-7-11(24)5-6-19(14,2)21(16,26)15(25)8-20(12,13)9-22/h7,12-13,15-18,22,25-26H,3-6,8-9H2,1-2H3/t12-,13+,15?,16-,17?,18?,19+,20+,21-/m1/s1. The van der Waals surface area contributed by atoms with Crippen molar-refractivity contribution in [2.45, 2.75) is 69.9 Å². The number of epoxide rings is 1. The number of fused-ring (bicyclic) bond motifs is 8. The third-order valence-electron chi connectivity index (χ3n) is 8.90. The summed E-state index contributed by atoms with van der Waals surface area (Å²) in [6.07, 6.45) is 2.57. The molecule has 5 aliphatic rings. The van der Waals surface area contributed by atoms with E-state index in [0.29, 0.717) is 19.3 Å². The number of aliphatic hydroxyl groups is 3. The first-order chi connectivity index (χ1) is 12.7. The van der Waals surface area contributed by atoms with Gasteiger partial charge in [0.2, 0.25) is 0 Å². The normalized spacial score (nSPS) is 55.7. The summed E-state index contributed by atoms with van der Waals surface area (Å²) in [6.45, 7) is 3.34. The van der Waals surface area contributed by atoms with Gasteiger partial charge in [-0.3, -0.25) is 9.59 Å². The highest BCUT2D eigenvalue weighted by molar-refractivity contribution is 5.92. The SMILES string of the molecule is CC(=O)[C@H]1CC[C@H]2[C@@H]3C4OC4C4=CC(=O)CC[C@]4(C)[C@@]3(O)C(O)C[C@]12CO. The maximum Gasteiger partial charge on any atom is 0.155 e. The van der Waals surface area contributed by atoms with E-state index in [9.17, 15) is 24.9 Å². The molecule has 148 valence electrons. The van der Waals surface area contributed by atoms with Crippen molar-refractivity contribution in [2.75, 3.05) is 6.61 Å². The molecule has 5 rings (SSSR count). The molecule has 1 heterocycles. The summed E-state index contributed by atoms with van der Waals surface area (Å²) >= 11 is 0. The fraction of sp³-hybridized carbons (Fsp3) is 0.810. The van der Waals surface area contributed by atoms with Crippen LogP contribution in [0.4, 0.5) is 0 Å². The molecule has 1 aliphatic heterocycles. The van der Waals surface area contributed by atoms with E-state index in [1.54, 1.807) is 13.0 Å². The minimum atomic E-state index is -1.41. The lowest BCUT2D eigenvalue weighted by atomic mass is 9.43. The molecule has 3 unspecified atom stereocenters. The molecule has 9 atom stereocenters. The second-order valence-electron chi connectivity index (χ2n) is 9.73. The molecule has 3 N–H and O–H groups in total. The first-order valence-electron chi connectivity index (χ1n) is 10.1. The Morgan fingerprint density at radius 1 is 1.37 bits per heavy atom. The van der Waals surface area contributed by atoms with Gasteiger partial charge in [-0.25, -0.2) is 0 Å². The van der Waals surface area contributed by atoms with E-state index >= 15 is 0 Å². The quantitative estimate of drug-likeness (QED) is 0.615. The Balaban J connectivity index is 1.66. The van der Waals surface area contributed by atoms with Crippen LogP contribution in [0.15, 0.2) is 11.6 Å². The summed E-state index contributed by atoms with van der Waals surface area (Å²) in [5.41, 5.74) is -2.01. The van der Waals surface area contributed by atoms with Gasteiger partial charge in [-0.15, -0.1) is 0 Å². The molecule has 27 heavy (non-hydrogen) atoms. The van der Waals surface area contributed by atoms with Gasteiger partial charge in [0.25, 0.3) is 0 Å². The van der Waals surface area contributed by atoms with Crippen LogP contribution in [-0.2, 0) is 14.3 Å². The van der Waals surface area contributed by atoms with Crippen LogP contribution in [0.5, 0.6) is 0 Å². The first kappa shape index (κ1) is 18.0. The van der Waals surface area contributed by atoms with Crippen LogP contribution >= 0.6 is 0 Å². The van der Waals surface area contributed by atoms with Crippen molar-refractivity contribution < 1.29 is 29.6 Å². The van der Waals surface area contributed by atoms with Gasteiger partial charge in [0, 0.05) is 35.7 Å². The summed E-state index contributed by atoms with van der Waals surface area (Å²) in [7, 11) is 0. The number of rotatable bonds is 2. The Morgan fingerprint density at radius 3 is 2.78 bits per heavy atom. The molecule has 0 spiro atoms. The van der Waals surface area contributed by atoms with E-state index in [-0.39, 0.29) is 54.6 Å². The van der Waals surface area contributed by atoms with E-state index in [4.69, 9.17) is 4.74 Å². The first-order valence-corrected chi connectivity index (χ1v) is 10.1. The molecule has 0 amide bonds. The fourth-order valence-corrected chi connectivity index (χ4v) is 7.57. The second-order valence-corrected chi connectivity index (χ2v) is 9.73. The molecular weight excluding hydrogens is 348 g/mol. The van der Waals surface area contributed by atoms with Gasteiger partial charge in [0.1, 0.15) is 17.5 Å². The Hall–Kier alpha value is -1.08. The maximum atomic E-state index is 12.3. The topological polar surface area (TPSA) is 107 Å². The third-order valence-corrected chi connectivity index (χ3v) is 8.90. The lowest BCUT2D eigenvalue weighted by molar-refractivity contribution is -0.251. The van der Waals surface area contributed by atoms with Crippen molar-refractivity contribution in [3.63, 3.8) is 0 Å². The largest absolute Gasteiger partial charge is 0.396 e. The Kier molecular flexibility index (Phi) is 3.52. The zero-order valence-electron chi connectivity index (χ0n) is 15.9. The van der Waals surface area contributed by atoms with Gasteiger partial charge in [0.05, 0.1) is 12.2 Å². The minimum Gasteiger partial charge on any atom is -0.396 e. The molecule has 3 saturated carbocycles. The van der Waals surface area contributed by atoms with Crippen molar-refractivity contribution in [2.24, 2.45) is 28.6 Å². The van der Waals surface area contributed by atoms with Gasteiger partial charge in [0.15, 0.2) is 5.78 Å². The molecule has 1 saturated heterocycles. The third kappa shape index (κ3) is 1.90. The summed E-state index contributed by atoms with van der Waals surface area (Å²) in [5.74, 6) is -0.606. The summed E-state index contributed by atoms with van der Waals surface area (Å²) in [6, 6.07) is 0. The number of carbonyl (C=O) groups is 2. The zero-order chi connectivity index (χ0) is 19.4. The summed E-state index contributed by atoms with van der Waals surface area (Å²) < 4.78 is 5.98. The van der Waals surface area contributed by atoms with E-state index in [1.165, 1.54) is 0 Å². The molecule has 0 bridgehead atoms. The molecule has 0 radical (unpaired) electrons. The van der Waals surface area contributed by atoms with Gasteiger partial charge in [-0.1, -0.05) is 6.92 Å². The minimum absolute atomic E-state index is 0.0447. The predicted molar refractivity (Wildman–Crippen MR) is 94.6 cm³/mol. The van der Waals surface area contributed by atoms with Crippen molar-refractivity contribution in [3.05, 3.63) is 11.6 Å². The molecule has 0 aromatic heterocycles. The highest BCUT2D eigenvalue weighted by Gasteiger charge is 2.78. The lowest BCUT2D eigenvalue weighted by Gasteiger charge is -2.63. The van der Waals surface area contributed by atoms with Gasteiger partial charge in [-0.05, 0) is 50.2 Å². The smallest absolute Gasteiger partial charge is 0.155 e. The number of aliphatic hydroxyl groups excluding tert-OH is 2. The molecule has 6 nitrogen and oxygen atoms in total. The van der Waals surface area contributed by atoms with Crippen molar-refractivity contribution in [1.29, 1.82) is 0 Å². The summed E-state index contributed by atoms with van der Waals surface area (Å²) in [5, 5.41) is 33.7.